The summed E-state index contributed by atoms with van der Waals surface area (Å²) >= 11 is 0. The van der Waals surface area contributed by atoms with Crippen molar-refractivity contribution in [1.82, 2.24) is 0 Å². The van der Waals surface area contributed by atoms with E-state index in [1.54, 1.807) is 13.2 Å². The zero-order valence-electron chi connectivity index (χ0n) is 11.3. The number of ether oxygens (including phenoxy) is 1. The minimum atomic E-state index is -0.362. The Morgan fingerprint density at radius 2 is 2.11 bits per heavy atom. The summed E-state index contributed by atoms with van der Waals surface area (Å²) in [6.45, 7) is 6.49. The molecule has 0 aliphatic heterocycles. The second-order valence-corrected chi connectivity index (χ2v) is 4.68. The Morgan fingerprint density at radius 3 is 2.61 bits per heavy atom. The lowest BCUT2D eigenvalue weighted by Crippen LogP contribution is -2.31. The summed E-state index contributed by atoms with van der Waals surface area (Å²) in [6.07, 6.45) is 0. The summed E-state index contributed by atoms with van der Waals surface area (Å²) in [6, 6.07) is 5.12. The first-order chi connectivity index (χ1) is 8.47. The van der Waals surface area contributed by atoms with E-state index < -0.39 is 0 Å². The van der Waals surface area contributed by atoms with Crippen LogP contribution in [0.1, 0.15) is 19.4 Å². The number of methoxy groups -OCH3 is 1. The van der Waals surface area contributed by atoms with Gasteiger partial charge in [-0.1, -0.05) is 26.0 Å². The minimum absolute atomic E-state index is 0.0507. The molecule has 0 aromatic heterocycles. The van der Waals surface area contributed by atoms with Crippen molar-refractivity contribution in [3.05, 3.63) is 33.9 Å². The third-order valence-corrected chi connectivity index (χ3v) is 2.93. The maximum absolute atomic E-state index is 11.0. The van der Waals surface area contributed by atoms with Crippen LogP contribution in [0.3, 0.4) is 0 Å². The molecule has 1 atom stereocenters. The van der Waals surface area contributed by atoms with Gasteiger partial charge in [-0.3, -0.25) is 10.1 Å². The lowest BCUT2D eigenvalue weighted by Gasteiger charge is -2.23. The first-order valence-corrected chi connectivity index (χ1v) is 5.96. The van der Waals surface area contributed by atoms with Crippen LogP contribution in [0.25, 0.3) is 0 Å². The zero-order chi connectivity index (χ0) is 13.7. The molecule has 1 aromatic rings. The number of anilines is 1. The van der Waals surface area contributed by atoms with E-state index in [1.807, 2.05) is 13.0 Å². The Bertz CT molecular complexity index is 419. The lowest BCUT2D eigenvalue weighted by molar-refractivity contribution is -0.384. The van der Waals surface area contributed by atoms with Crippen LogP contribution in [-0.2, 0) is 4.74 Å². The van der Waals surface area contributed by atoms with Gasteiger partial charge in [0.05, 0.1) is 17.6 Å². The fourth-order valence-electron chi connectivity index (χ4n) is 1.76. The number of rotatable bonds is 6. The number of nitrogens with one attached hydrogen (secondary N) is 1. The van der Waals surface area contributed by atoms with E-state index in [1.165, 1.54) is 6.07 Å². The highest BCUT2D eigenvalue weighted by Crippen LogP contribution is 2.29. The highest BCUT2D eigenvalue weighted by atomic mass is 16.6. The number of aryl methyl sites for hydroxylation is 1. The number of hydrogen-bond acceptors (Lipinski definition) is 4. The molecule has 1 unspecified atom stereocenters. The summed E-state index contributed by atoms with van der Waals surface area (Å²) in [5, 5.41) is 14.2. The van der Waals surface area contributed by atoms with Gasteiger partial charge >= 0.3 is 0 Å². The van der Waals surface area contributed by atoms with E-state index in [0.29, 0.717) is 18.2 Å². The molecule has 1 rings (SSSR count). The van der Waals surface area contributed by atoms with Crippen LogP contribution < -0.4 is 5.32 Å². The summed E-state index contributed by atoms with van der Waals surface area (Å²) in [7, 11) is 1.63. The van der Waals surface area contributed by atoms with Crippen LogP contribution in [-0.4, -0.2) is 24.7 Å². The highest BCUT2D eigenvalue weighted by molar-refractivity contribution is 5.66. The number of para-hydroxylation sites is 1. The molecule has 0 heterocycles. The normalized spacial score (nSPS) is 12.5. The van der Waals surface area contributed by atoms with E-state index in [9.17, 15) is 10.1 Å². The lowest BCUT2D eigenvalue weighted by atomic mass is 10.0. The summed E-state index contributed by atoms with van der Waals surface area (Å²) in [5.41, 5.74) is 1.56. The molecule has 0 bridgehead atoms. The number of nitro benzene ring substituents is 1. The number of nitrogens with zero attached hydrogens (tertiary/aromatic N) is 1. The second-order valence-electron chi connectivity index (χ2n) is 4.68. The fourth-order valence-corrected chi connectivity index (χ4v) is 1.76. The first kappa shape index (κ1) is 14.4. The van der Waals surface area contributed by atoms with E-state index in [4.69, 9.17) is 4.74 Å². The molecule has 0 saturated carbocycles. The number of nitro groups is 1. The van der Waals surface area contributed by atoms with Crippen molar-refractivity contribution in [2.24, 2.45) is 5.92 Å². The van der Waals surface area contributed by atoms with Gasteiger partial charge in [-0.2, -0.15) is 0 Å². The SMILES string of the molecule is COCC(Nc1c(C)cccc1[N+](=O)[O-])C(C)C. The Balaban J connectivity index is 3.04. The van der Waals surface area contributed by atoms with E-state index in [0.717, 1.165) is 5.56 Å². The average molecular weight is 252 g/mol. The van der Waals surface area contributed by atoms with Gasteiger partial charge in [-0.25, -0.2) is 0 Å². The van der Waals surface area contributed by atoms with Crippen LogP contribution in [0.4, 0.5) is 11.4 Å². The molecular formula is C13H20N2O3. The van der Waals surface area contributed by atoms with Gasteiger partial charge in [0.25, 0.3) is 5.69 Å². The standard InChI is InChI=1S/C13H20N2O3/c1-9(2)11(8-18-4)14-13-10(3)6-5-7-12(13)15(16)17/h5-7,9,11,14H,8H2,1-4H3. The van der Waals surface area contributed by atoms with Crippen molar-refractivity contribution >= 4 is 11.4 Å². The largest absolute Gasteiger partial charge is 0.383 e. The summed E-state index contributed by atoms with van der Waals surface area (Å²) < 4.78 is 5.15. The molecule has 0 fully saturated rings. The zero-order valence-corrected chi connectivity index (χ0v) is 11.3. The summed E-state index contributed by atoms with van der Waals surface area (Å²) in [5.74, 6) is 0.323. The van der Waals surface area contributed by atoms with Crippen LogP contribution in [0, 0.1) is 23.0 Å². The van der Waals surface area contributed by atoms with Crippen LogP contribution in [0.2, 0.25) is 0 Å². The third-order valence-electron chi connectivity index (χ3n) is 2.93. The van der Waals surface area contributed by atoms with Crippen LogP contribution in [0.15, 0.2) is 18.2 Å². The monoisotopic (exact) mass is 252 g/mol. The van der Waals surface area contributed by atoms with Crippen LogP contribution >= 0.6 is 0 Å². The van der Waals surface area contributed by atoms with Crippen molar-refractivity contribution in [3.8, 4) is 0 Å². The molecule has 0 amide bonds. The van der Waals surface area contributed by atoms with E-state index >= 15 is 0 Å². The number of benzene rings is 1. The van der Waals surface area contributed by atoms with Gasteiger partial charge in [0.1, 0.15) is 5.69 Å². The van der Waals surface area contributed by atoms with Gasteiger partial charge in [0.2, 0.25) is 0 Å². The maximum atomic E-state index is 11.0. The molecule has 0 spiro atoms. The smallest absolute Gasteiger partial charge is 0.292 e. The van der Waals surface area contributed by atoms with Crippen molar-refractivity contribution in [2.45, 2.75) is 26.8 Å². The van der Waals surface area contributed by atoms with E-state index in [2.05, 4.69) is 19.2 Å². The number of hydrogen-bond donors (Lipinski definition) is 1. The molecule has 18 heavy (non-hydrogen) atoms. The minimum Gasteiger partial charge on any atom is -0.383 e. The molecule has 0 radical (unpaired) electrons. The van der Waals surface area contributed by atoms with Crippen LogP contribution in [0.5, 0.6) is 0 Å². The Labute approximate surface area is 107 Å². The Kier molecular flexibility index (Phi) is 5.09. The first-order valence-electron chi connectivity index (χ1n) is 5.96. The second kappa shape index (κ2) is 6.35. The molecule has 100 valence electrons. The molecule has 0 aliphatic carbocycles. The van der Waals surface area contributed by atoms with Gasteiger partial charge in [-0.05, 0) is 18.4 Å². The molecular weight excluding hydrogens is 232 g/mol. The van der Waals surface area contributed by atoms with Crippen molar-refractivity contribution < 1.29 is 9.66 Å². The Hall–Kier alpha value is -1.62. The van der Waals surface area contributed by atoms with Gasteiger partial charge in [0, 0.05) is 13.2 Å². The average Bonchev–Trinajstić information content (AvgIpc) is 2.30. The molecule has 1 aromatic carbocycles. The van der Waals surface area contributed by atoms with Crippen molar-refractivity contribution in [2.75, 3.05) is 19.0 Å². The van der Waals surface area contributed by atoms with E-state index in [-0.39, 0.29) is 16.7 Å². The topological polar surface area (TPSA) is 64.4 Å². The molecule has 0 saturated heterocycles. The third kappa shape index (κ3) is 3.43. The Morgan fingerprint density at radius 1 is 1.44 bits per heavy atom. The fraction of sp³-hybridized carbons (Fsp3) is 0.538. The van der Waals surface area contributed by atoms with Gasteiger partial charge in [0.15, 0.2) is 0 Å². The predicted molar refractivity (Wildman–Crippen MR) is 72.0 cm³/mol. The molecule has 1 N–H and O–H groups in total. The molecule has 5 nitrogen and oxygen atoms in total. The quantitative estimate of drug-likeness (QED) is 0.624. The maximum Gasteiger partial charge on any atom is 0.292 e. The van der Waals surface area contributed by atoms with Crippen molar-refractivity contribution in [1.29, 1.82) is 0 Å². The molecule has 5 heteroatoms. The van der Waals surface area contributed by atoms with Crippen molar-refractivity contribution in [3.63, 3.8) is 0 Å². The summed E-state index contributed by atoms with van der Waals surface area (Å²) in [4.78, 5) is 10.7. The molecule has 0 aliphatic rings. The van der Waals surface area contributed by atoms with Gasteiger partial charge < -0.3 is 10.1 Å². The predicted octanol–water partition coefficient (Wildman–Crippen LogP) is 2.99. The highest BCUT2D eigenvalue weighted by Gasteiger charge is 2.20. The van der Waals surface area contributed by atoms with Gasteiger partial charge in [-0.15, -0.1) is 0 Å².